The number of rotatable bonds is 12. The molecular formula is C19H21N9O6S3. The molecule has 4 heterocycles. The van der Waals surface area contributed by atoms with Crippen molar-refractivity contribution in [3.63, 3.8) is 0 Å². The minimum absolute atomic E-state index is 0.0466. The summed E-state index contributed by atoms with van der Waals surface area (Å²) >= 11 is 3.62. The number of hydrogen-bond acceptors (Lipinski definition) is 14. The highest BCUT2D eigenvalue weighted by atomic mass is 32.2. The van der Waals surface area contributed by atoms with Gasteiger partial charge in [0.1, 0.15) is 29.4 Å². The molecule has 196 valence electrons. The van der Waals surface area contributed by atoms with Gasteiger partial charge in [-0.15, -0.1) is 28.2 Å². The first-order valence-electron chi connectivity index (χ1n) is 10.6. The maximum absolute atomic E-state index is 13.0. The number of thioether (sulfide) groups is 2. The van der Waals surface area contributed by atoms with Crippen molar-refractivity contribution >= 4 is 63.5 Å². The molecule has 37 heavy (non-hydrogen) atoms. The Labute approximate surface area is 221 Å². The number of aliphatic hydroxyl groups is 1. The number of aromatic nitrogens is 5. The molecule has 15 nitrogen and oxygen atoms in total. The van der Waals surface area contributed by atoms with Gasteiger partial charge in [0, 0.05) is 16.9 Å². The zero-order chi connectivity index (χ0) is 26.5. The molecular weight excluding hydrogens is 546 g/mol. The van der Waals surface area contributed by atoms with Gasteiger partial charge in [0.2, 0.25) is 5.16 Å². The number of anilines is 1. The number of carbonyl (C=O) groups excluding carboxylic acids is 2. The van der Waals surface area contributed by atoms with Gasteiger partial charge >= 0.3 is 5.97 Å². The normalized spacial score (nSPS) is 19.3. The molecule has 2 aromatic rings. The van der Waals surface area contributed by atoms with E-state index < -0.39 is 29.2 Å². The van der Waals surface area contributed by atoms with Crippen molar-refractivity contribution in [2.75, 3.05) is 30.5 Å². The second kappa shape index (κ2) is 11.7. The Morgan fingerprint density at radius 3 is 2.95 bits per heavy atom. The minimum atomic E-state index is -1.26. The number of β-lactam (4-membered cyclic amide) rings is 1. The average Bonchev–Trinajstić information content (AvgIpc) is 3.51. The number of thiazole rings is 1. The Kier molecular flexibility index (Phi) is 8.41. The SMILES string of the molecule is C=CCO/N=C(/C(=O)NC1C(=O)N2C(C(=O)O)=C(CSc3nnnn3CCO)CS[C@H]12)c1csc(N)n1. The molecule has 2 aliphatic heterocycles. The smallest absolute Gasteiger partial charge is 0.352 e. The lowest BCUT2D eigenvalue weighted by atomic mass is 10.0. The van der Waals surface area contributed by atoms with Crippen LogP contribution in [0.2, 0.25) is 0 Å². The molecule has 1 unspecified atom stereocenters. The number of hydrogen-bond donors (Lipinski definition) is 4. The van der Waals surface area contributed by atoms with Gasteiger partial charge < -0.3 is 26.1 Å². The van der Waals surface area contributed by atoms with Crippen LogP contribution in [0.4, 0.5) is 5.13 Å². The number of amides is 2. The van der Waals surface area contributed by atoms with Crippen LogP contribution in [0.5, 0.6) is 0 Å². The topological polar surface area (TPSA) is 211 Å². The largest absolute Gasteiger partial charge is 0.477 e. The number of carbonyl (C=O) groups is 3. The van der Waals surface area contributed by atoms with E-state index in [1.165, 1.54) is 44.6 Å². The van der Waals surface area contributed by atoms with E-state index in [0.717, 1.165) is 11.3 Å². The number of fused-ring (bicyclic) bond motifs is 1. The summed E-state index contributed by atoms with van der Waals surface area (Å²) in [5.74, 6) is -2.02. The van der Waals surface area contributed by atoms with Gasteiger partial charge in [-0.2, -0.15) is 0 Å². The number of nitrogens with zero attached hydrogens (tertiary/aromatic N) is 7. The summed E-state index contributed by atoms with van der Waals surface area (Å²) in [6, 6.07) is -0.974. The second-order valence-corrected chi connectivity index (χ2v) is 10.3. The zero-order valence-electron chi connectivity index (χ0n) is 19.0. The van der Waals surface area contributed by atoms with Crippen LogP contribution in [0.15, 0.2) is 39.6 Å². The summed E-state index contributed by atoms with van der Waals surface area (Å²) in [4.78, 5) is 48.4. The molecule has 1 fully saturated rings. The number of aliphatic hydroxyl groups excluding tert-OH is 1. The van der Waals surface area contributed by atoms with E-state index >= 15 is 0 Å². The van der Waals surface area contributed by atoms with Crippen LogP contribution < -0.4 is 11.1 Å². The number of oxime groups is 1. The molecule has 2 atom stereocenters. The number of nitrogens with two attached hydrogens (primary N) is 1. The number of tetrazole rings is 1. The summed E-state index contributed by atoms with van der Waals surface area (Å²) in [7, 11) is 0. The first kappa shape index (κ1) is 26.6. The number of aliphatic carboxylic acids is 1. The fourth-order valence-corrected chi connectivity index (χ4v) is 6.38. The van der Waals surface area contributed by atoms with Gasteiger partial charge in [0.15, 0.2) is 10.8 Å². The Hall–Kier alpha value is -3.48. The van der Waals surface area contributed by atoms with Crippen molar-refractivity contribution < 1.29 is 29.4 Å². The van der Waals surface area contributed by atoms with Crippen LogP contribution in [0.3, 0.4) is 0 Å². The zero-order valence-corrected chi connectivity index (χ0v) is 21.5. The monoisotopic (exact) mass is 567 g/mol. The van der Waals surface area contributed by atoms with Crippen LogP contribution in [0, 0.1) is 0 Å². The maximum atomic E-state index is 13.0. The van der Waals surface area contributed by atoms with Crippen LogP contribution in [0.1, 0.15) is 5.69 Å². The van der Waals surface area contributed by atoms with Crippen molar-refractivity contribution in [3.8, 4) is 0 Å². The van der Waals surface area contributed by atoms with E-state index in [0.29, 0.717) is 16.5 Å². The van der Waals surface area contributed by atoms with E-state index in [1.54, 1.807) is 0 Å². The van der Waals surface area contributed by atoms with Crippen LogP contribution >= 0.6 is 34.9 Å². The van der Waals surface area contributed by atoms with Crippen molar-refractivity contribution in [2.45, 2.75) is 23.1 Å². The number of nitrogen functional groups attached to an aromatic ring is 1. The first-order chi connectivity index (χ1) is 17.8. The quantitative estimate of drug-likeness (QED) is 0.0615. The number of nitrogens with one attached hydrogen (secondary N) is 1. The predicted molar refractivity (Wildman–Crippen MR) is 135 cm³/mol. The summed E-state index contributed by atoms with van der Waals surface area (Å²) in [6.07, 6.45) is 1.45. The molecule has 0 aromatic carbocycles. The summed E-state index contributed by atoms with van der Waals surface area (Å²) in [5, 5.41) is 38.2. The average molecular weight is 568 g/mol. The Morgan fingerprint density at radius 2 is 2.27 bits per heavy atom. The molecule has 4 rings (SSSR count). The lowest BCUT2D eigenvalue weighted by molar-refractivity contribution is -0.150. The number of carboxylic acid groups (broad SMARTS) is 1. The standard InChI is InChI=1S/C19H21N9O6S3/c1-2-5-34-24-11(10-8-36-18(20)21-10)14(30)22-12-15(31)28-13(17(32)33)9(6-35-16(12)28)7-37-19-23-25-26-27(19)3-4-29/h2,8,12,16,29H,1,3-7H2,(H2,20,21)(H,22,30)(H,32,33)/b24-11+/t12?,16-/m1/s1. The maximum Gasteiger partial charge on any atom is 0.352 e. The van der Waals surface area contributed by atoms with Gasteiger partial charge in [-0.3, -0.25) is 14.5 Å². The van der Waals surface area contributed by atoms with Gasteiger partial charge in [-0.25, -0.2) is 14.5 Å². The molecule has 2 aliphatic rings. The van der Waals surface area contributed by atoms with Crippen LogP contribution in [0.25, 0.3) is 0 Å². The van der Waals surface area contributed by atoms with Gasteiger partial charge in [-0.05, 0) is 16.0 Å². The summed E-state index contributed by atoms with van der Waals surface area (Å²) in [5.41, 5.74) is 6.05. The molecule has 18 heteroatoms. The van der Waals surface area contributed by atoms with E-state index in [4.69, 9.17) is 15.7 Å². The third kappa shape index (κ3) is 5.60. The molecule has 2 amide bonds. The Bertz CT molecular complexity index is 1280. The lowest BCUT2D eigenvalue weighted by Crippen LogP contribution is -2.71. The fourth-order valence-electron chi connectivity index (χ4n) is 3.45. The van der Waals surface area contributed by atoms with E-state index in [9.17, 15) is 19.5 Å². The fraction of sp³-hybridized carbons (Fsp3) is 0.368. The third-order valence-corrected chi connectivity index (χ3v) is 8.11. The molecule has 0 radical (unpaired) electrons. The van der Waals surface area contributed by atoms with E-state index in [1.807, 2.05) is 0 Å². The van der Waals surface area contributed by atoms with Crippen molar-refractivity contribution in [1.82, 2.24) is 35.4 Å². The molecule has 0 saturated carbocycles. The summed E-state index contributed by atoms with van der Waals surface area (Å²) in [6.45, 7) is 3.60. The number of carboxylic acids is 1. The molecule has 5 N–H and O–H groups in total. The molecule has 2 aromatic heterocycles. The Morgan fingerprint density at radius 1 is 1.46 bits per heavy atom. The van der Waals surface area contributed by atoms with Crippen molar-refractivity contribution in [2.24, 2.45) is 5.16 Å². The van der Waals surface area contributed by atoms with Crippen LogP contribution in [-0.2, 0) is 25.8 Å². The van der Waals surface area contributed by atoms with Gasteiger partial charge in [-0.1, -0.05) is 29.6 Å². The van der Waals surface area contributed by atoms with E-state index in [-0.39, 0.29) is 47.7 Å². The highest BCUT2D eigenvalue weighted by molar-refractivity contribution is 8.01. The van der Waals surface area contributed by atoms with Gasteiger partial charge in [0.25, 0.3) is 11.8 Å². The lowest BCUT2D eigenvalue weighted by Gasteiger charge is -2.49. The highest BCUT2D eigenvalue weighted by Gasteiger charge is 2.54. The highest BCUT2D eigenvalue weighted by Crippen LogP contribution is 2.41. The Balaban J connectivity index is 1.48. The van der Waals surface area contributed by atoms with Gasteiger partial charge in [0.05, 0.1) is 13.2 Å². The molecule has 0 aliphatic carbocycles. The van der Waals surface area contributed by atoms with E-state index in [2.05, 4.69) is 37.6 Å². The van der Waals surface area contributed by atoms with Crippen molar-refractivity contribution in [1.29, 1.82) is 0 Å². The van der Waals surface area contributed by atoms with Crippen molar-refractivity contribution in [3.05, 3.63) is 35.0 Å². The molecule has 0 spiro atoms. The minimum Gasteiger partial charge on any atom is -0.477 e. The molecule has 0 bridgehead atoms. The third-order valence-electron chi connectivity index (χ3n) is 5.05. The van der Waals surface area contributed by atoms with Crippen LogP contribution in [-0.4, -0.2) is 99.9 Å². The summed E-state index contributed by atoms with van der Waals surface area (Å²) < 4.78 is 1.40. The second-order valence-electron chi connectivity index (χ2n) is 7.41. The first-order valence-corrected chi connectivity index (χ1v) is 13.5. The molecule has 1 saturated heterocycles. The predicted octanol–water partition coefficient (Wildman–Crippen LogP) is -0.858.